The maximum Gasteiger partial charge on any atom is 0.0634 e. The zero-order valence-electron chi connectivity index (χ0n) is 42.9. The normalized spacial score (nSPS) is 12.3. The Morgan fingerprint density at radius 2 is 0.827 bits per heavy atom. The second kappa shape index (κ2) is 17.1. The standard InChI is InChI=1S/C71H54N4/c1-7-8-12-21-48(6)72(52-34-32-44(2)46(4)40-52)54-36-38-56-58-28-19-30-60-66-65(50-24-15-10-16-25-50)71-67(64(49-22-13-9-14-23-49)70(66)74(68(58)60)62(56)42-54)61-31-20-29-59-57-39-37-55(43-63(57)75(71)69(59)61)73(51-26-17-11-18-27-51)53-35-33-45(3)47(5)41-53/h7-43H,6H2,1-5H3/b8-7-,21-12-. The number of para-hydroxylation sites is 3. The summed E-state index contributed by atoms with van der Waals surface area (Å²) in [6, 6.07) is 74.6. The van der Waals surface area contributed by atoms with E-state index < -0.39 is 0 Å². The average molecular weight is 963 g/mol. The number of fused-ring (bicyclic) bond motifs is 12. The van der Waals surface area contributed by atoms with Gasteiger partial charge in [0, 0.05) is 88.4 Å². The summed E-state index contributed by atoms with van der Waals surface area (Å²) in [4.78, 5) is 4.71. The fraction of sp³-hybridized carbons (Fsp3) is 0.0704. The third kappa shape index (κ3) is 6.62. The smallest absolute Gasteiger partial charge is 0.0634 e. The van der Waals surface area contributed by atoms with E-state index in [1.807, 2.05) is 13.0 Å². The SMILES string of the molecule is C=C(/C=C\C=C/C)N(c1ccc(C)c(C)c1)c1ccc2c3cccc4c5c(-c6ccccc6)c6c(c(-c7ccccc7)c5n(c2c1)c34)c1cccc2c3ccc(N(c4ccccc4)c4ccc(C)c(C)c4)cc3n6c21. The van der Waals surface area contributed by atoms with Gasteiger partial charge in [0.25, 0.3) is 0 Å². The summed E-state index contributed by atoms with van der Waals surface area (Å²) >= 11 is 0. The number of benzene rings is 10. The van der Waals surface area contributed by atoms with Crippen LogP contribution in [0.25, 0.3) is 98.4 Å². The third-order valence-corrected chi connectivity index (χ3v) is 16.0. The van der Waals surface area contributed by atoms with Crippen LogP contribution in [0.5, 0.6) is 0 Å². The zero-order chi connectivity index (χ0) is 50.6. The van der Waals surface area contributed by atoms with Gasteiger partial charge >= 0.3 is 0 Å². The molecule has 0 saturated heterocycles. The van der Waals surface area contributed by atoms with Gasteiger partial charge in [-0.2, -0.15) is 0 Å². The second-order valence-corrected chi connectivity index (χ2v) is 20.3. The predicted molar refractivity (Wildman–Crippen MR) is 322 cm³/mol. The number of hydrogen-bond acceptors (Lipinski definition) is 2. The van der Waals surface area contributed by atoms with Crippen LogP contribution < -0.4 is 9.80 Å². The molecule has 0 aliphatic carbocycles. The van der Waals surface area contributed by atoms with Gasteiger partial charge in [0.05, 0.1) is 33.1 Å². The molecule has 0 radical (unpaired) electrons. The molecule has 75 heavy (non-hydrogen) atoms. The van der Waals surface area contributed by atoms with E-state index in [1.54, 1.807) is 0 Å². The Morgan fingerprint density at radius 3 is 1.36 bits per heavy atom. The van der Waals surface area contributed by atoms with Crippen molar-refractivity contribution < 1.29 is 0 Å². The lowest BCUT2D eigenvalue weighted by atomic mass is 9.89. The minimum Gasteiger partial charge on any atom is -0.311 e. The maximum absolute atomic E-state index is 4.68. The molecule has 4 heterocycles. The van der Waals surface area contributed by atoms with E-state index in [1.165, 1.54) is 115 Å². The van der Waals surface area contributed by atoms with Crippen molar-refractivity contribution >= 4 is 105 Å². The first kappa shape index (κ1) is 44.3. The number of anilines is 5. The monoisotopic (exact) mass is 962 g/mol. The van der Waals surface area contributed by atoms with Gasteiger partial charge in [0.1, 0.15) is 0 Å². The summed E-state index contributed by atoms with van der Waals surface area (Å²) in [5.41, 5.74) is 23.5. The van der Waals surface area contributed by atoms with E-state index >= 15 is 0 Å². The van der Waals surface area contributed by atoms with Crippen LogP contribution in [0.3, 0.4) is 0 Å². The van der Waals surface area contributed by atoms with Crippen molar-refractivity contribution in [3.63, 3.8) is 0 Å². The Hall–Kier alpha value is -9.38. The van der Waals surface area contributed by atoms with Crippen LogP contribution in [-0.2, 0) is 0 Å². The Labute approximate surface area is 436 Å². The van der Waals surface area contributed by atoms with Crippen LogP contribution in [-0.4, -0.2) is 8.80 Å². The molecule has 0 saturated carbocycles. The fourth-order valence-electron chi connectivity index (χ4n) is 12.3. The number of allylic oxidation sites excluding steroid dienone is 4. The van der Waals surface area contributed by atoms with E-state index in [9.17, 15) is 0 Å². The fourth-order valence-corrected chi connectivity index (χ4v) is 12.3. The van der Waals surface area contributed by atoms with E-state index in [2.05, 4.69) is 271 Å². The van der Waals surface area contributed by atoms with Crippen molar-refractivity contribution in [1.29, 1.82) is 0 Å². The first-order chi connectivity index (χ1) is 36.8. The Bertz CT molecular complexity index is 4650. The number of rotatable bonds is 10. The summed E-state index contributed by atoms with van der Waals surface area (Å²) in [7, 11) is 0. The highest BCUT2D eigenvalue weighted by atomic mass is 15.2. The van der Waals surface area contributed by atoms with Gasteiger partial charge in [-0.25, -0.2) is 0 Å². The summed E-state index contributed by atoms with van der Waals surface area (Å²) in [6.45, 7) is 15.5. The lowest BCUT2D eigenvalue weighted by Crippen LogP contribution is -2.14. The van der Waals surface area contributed by atoms with Gasteiger partial charge in [-0.15, -0.1) is 0 Å². The first-order valence-electron chi connectivity index (χ1n) is 26.1. The zero-order valence-corrected chi connectivity index (χ0v) is 42.9. The van der Waals surface area contributed by atoms with Crippen molar-refractivity contribution in [1.82, 2.24) is 8.80 Å². The van der Waals surface area contributed by atoms with Crippen molar-refractivity contribution in [2.24, 2.45) is 0 Å². The number of aryl methyl sites for hydroxylation is 4. The summed E-state index contributed by atoms with van der Waals surface area (Å²) in [5.74, 6) is 0. The van der Waals surface area contributed by atoms with E-state index in [0.717, 1.165) is 39.7 Å². The molecule has 4 heteroatoms. The van der Waals surface area contributed by atoms with Gasteiger partial charge < -0.3 is 18.6 Å². The minimum atomic E-state index is 0.884. The molecule has 0 atom stereocenters. The van der Waals surface area contributed by atoms with Crippen molar-refractivity contribution in [2.75, 3.05) is 9.80 Å². The van der Waals surface area contributed by atoms with Gasteiger partial charge in [-0.1, -0.05) is 164 Å². The summed E-state index contributed by atoms with van der Waals surface area (Å²) < 4.78 is 5.23. The molecule has 0 bridgehead atoms. The quantitative estimate of drug-likeness (QED) is 0.127. The second-order valence-electron chi connectivity index (χ2n) is 20.3. The van der Waals surface area contributed by atoms with E-state index in [-0.39, 0.29) is 0 Å². The molecule has 4 nitrogen and oxygen atoms in total. The molecule has 0 fully saturated rings. The van der Waals surface area contributed by atoms with Gasteiger partial charge in [0.2, 0.25) is 0 Å². The average Bonchev–Trinajstić information content (AvgIpc) is 4.39. The first-order valence-corrected chi connectivity index (χ1v) is 26.1. The molecule has 0 amide bonds. The molecular formula is C71H54N4. The predicted octanol–water partition coefficient (Wildman–Crippen LogP) is 19.8. The van der Waals surface area contributed by atoms with Crippen LogP contribution in [0.4, 0.5) is 28.4 Å². The van der Waals surface area contributed by atoms with Gasteiger partial charge in [0.15, 0.2) is 0 Å². The van der Waals surface area contributed by atoms with E-state index in [4.69, 9.17) is 0 Å². The molecule has 10 aromatic carbocycles. The Kier molecular flexibility index (Phi) is 10.1. The lowest BCUT2D eigenvalue weighted by Gasteiger charge is -2.26. The van der Waals surface area contributed by atoms with Crippen LogP contribution in [0.1, 0.15) is 29.2 Å². The highest BCUT2D eigenvalue weighted by Gasteiger charge is 2.31. The van der Waals surface area contributed by atoms with Crippen LogP contribution >= 0.6 is 0 Å². The minimum absolute atomic E-state index is 0.884. The van der Waals surface area contributed by atoms with Gasteiger partial charge in [-0.3, -0.25) is 0 Å². The Morgan fingerprint density at radius 1 is 0.387 bits per heavy atom. The van der Waals surface area contributed by atoms with Crippen LogP contribution in [0.15, 0.2) is 237 Å². The molecule has 0 aliphatic rings. The summed E-state index contributed by atoms with van der Waals surface area (Å²) in [6.07, 6.45) is 8.29. The molecule has 14 aromatic rings. The molecule has 4 aromatic heterocycles. The lowest BCUT2D eigenvalue weighted by molar-refractivity contribution is 1.20. The van der Waals surface area contributed by atoms with E-state index in [0.29, 0.717) is 0 Å². The molecular weight excluding hydrogens is 909 g/mol. The summed E-state index contributed by atoms with van der Waals surface area (Å²) in [5, 5.41) is 9.90. The van der Waals surface area contributed by atoms with Crippen molar-refractivity contribution in [3.05, 3.63) is 259 Å². The molecule has 0 spiro atoms. The maximum atomic E-state index is 4.68. The van der Waals surface area contributed by atoms with Crippen LogP contribution in [0, 0.1) is 27.7 Å². The number of nitrogens with zero attached hydrogens (tertiary/aromatic N) is 4. The topological polar surface area (TPSA) is 15.3 Å². The largest absolute Gasteiger partial charge is 0.311 e. The molecule has 0 aliphatic heterocycles. The van der Waals surface area contributed by atoms with Crippen molar-refractivity contribution in [3.8, 4) is 22.3 Å². The van der Waals surface area contributed by atoms with Crippen molar-refractivity contribution in [2.45, 2.75) is 34.6 Å². The number of aromatic nitrogens is 2. The highest BCUT2D eigenvalue weighted by molar-refractivity contribution is 6.38. The Balaban J connectivity index is 1.16. The third-order valence-electron chi connectivity index (χ3n) is 16.0. The van der Waals surface area contributed by atoms with Crippen LogP contribution in [0.2, 0.25) is 0 Å². The highest BCUT2D eigenvalue weighted by Crippen LogP contribution is 2.54. The molecule has 14 rings (SSSR count). The molecule has 0 N–H and O–H groups in total. The molecule has 358 valence electrons. The number of hydrogen-bond donors (Lipinski definition) is 0. The molecule has 0 unspecified atom stereocenters. The van der Waals surface area contributed by atoms with Gasteiger partial charge in [-0.05, 0) is 135 Å².